The Morgan fingerprint density at radius 3 is 2.03 bits per heavy atom. The largest absolute Gasteiger partial charge is 0.408 e. The number of amides is 1. The van der Waals surface area contributed by atoms with Gasteiger partial charge in [-0.3, -0.25) is 9.69 Å². The van der Waals surface area contributed by atoms with Crippen molar-refractivity contribution in [3.63, 3.8) is 0 Å². The molecule has 0 unspecified atom stereocenters. The first kappa shape index (κ1) is 24.3. The SMILES string of the molecule is CC(C)C[C@@H](C(N)=O)N(CC#N)[C@@H](c1ccc(-c2cc(F)cc(F)c2)cc1)C(F)(F)F. The molecule has 0 radical (unpaired) electrons. The molecule has 2 N–H and O–H groups in total. The third kappa shape index (κ3) is 6.25. The van der Waals surface area contributed by atoms with Crippen LogP contribution in [0, 0.1) is 28.9 Å². The molecule has 0 saturated carbocycles. The Bertz CT molecular complexity index is 931. The zero-order valence-corrected chi connectivity index (χ0v) is 17.0. The molecule has 0 aliphatic heterocycles. The molecule has 0 bridgehead atoms. The van der Waals surface area contributed by atoms with E-state index in [1.807, 2.05) is 0 Å². The van der Waals surface area contributed by atoms with Crippen molar-refractivity contribution in [1.82, 2.24) is 4.90 Å². The highest BCUT2D eigenvalue weighted by Crippen LogP contribution is 2.40. The molecule has 9 heteroatoms. The number of hydrogen-bond donors (Lipinski definition) is 1. The number of carbonyl (C=O) groups excluding carboxylic acids is 1. The van der Waals surface area contributed by atoms with Crippen molar-refractivity contribution in [3.05, 3.63) is 59.7 Å². The number of nitriles is 1. The lowest BCUT2D eigenvalue weighted by Gasteiger charge is -2.37. The Labute approximate surface area is 177 Å². The van der Waals surface area contributed by atoms with Gasteiger partial charge in [-0.05, 0) is 41.2 Å². The molecule has 2 rings (SSSR count). The quantitative estimate of drug-likeness (QED) is 0.467. The van der Waals surface area contributed by atoms with Gasteiger partial charge >= 0.3 is 6.18 Å². The molecule has 0 saturated heterocycles. The topological polar surface area (TPSA) is 70.1 Å². The van der Waals surface area contributed by atoms with E-state index in [9.17, 15) is 26.7 Å². The maximum absolute atomic E-state index is 14.1. The second-order valence-corrected chi connectivity index (χ2v) is 7.60. The second-order valence-electron chi connectivity index (χ2n) is 7.60. The van der Waals surface area contributed by atoms with E-state index in [1.54, 1.807) is 19.9 Å². The van der Waals surface area contributed by atoms with Gasteiger partial charge in [-0.1, -0.05) is 38.1 Å². The van der Waals surface area contributed by atoms with Gasteiger partial charge in [-0.25, -0.2) is 8.78 Å². The fourth-order valence-electron chi connectivity index (χ4n) is 3.47. The predicted octanol–water partition coefficient (Wildman–Crippen LogP) is 4.96. The van der Waals surface area contributed by atoms with E-state index in [-0.39, 0.29) is 23.5 Å². The van der Waals surface area contributed by atoms with Gasteiger partial charge < -0.3 is 5.73 Å². The van der Waals surface area contributed by atoms with Crippen LogP contribution in [-0.4, -0.2) is 29.6 Å². The van der Waals surface area contributed by atoms with E-state index >= 15 is 0 Å². The number of benzene rings is 2. The molecule has 1 amide bonds. The molecule has 0 aromatic heterocycles. The number of rotatable bonds is 8. The number of alkyl halides is 3. The van der Waals surface area contributed by atoms with Gasteiger partial charge in [0.25, 0.3) is 0 Å². The highest BCUT2D eigenvalue weighted by atomic mass is 19.4. The van der Waals surface area contributed by atoms with Crippen LogP contribution < -0.4 is 5.73 Å². The molecular formula is C22H22F5N3O. The molecule has 31 heavy (non-hydrogen) atoms. The Balaban J connectivity index is 2.51. The number of primary amides is 1. The zero-order valence-electron chi connectivity index (χ0n) is 17.0. The standard InChI is InChI=1S/C22H22F5N3O/c1-13(2)9-19(21(29)31)30(8-7-28)20(22(25,26)27)15-5-3-14(4-6-15)16-10-17(23)12-18(24)11-16/h3-6,10-13,19-20H,8-9H2,1-2H3,(H2,29,31)/t19-,20-/m0/s1. The Kier molecular flexibility index (Phi) is 7.74. The Hall–Kier alpha value is -2.99. The van der Waals surface area contributed by atoms with Gasteiger partial charge in [0.05, 0.1) is 18.7 Å². The minimum Gasteiger partial charge on any atom is -0.368 e. The molecule has 0 aliphatic rings. The summed E-state index contributed by atoms with van der Waals surface area (Å²) in [5, 5.41) is 9.13. The molecular weight excluding hydrogens is 417 g/mol. The van der Waals surface area contributed by atoms with E-state index < -0.39 is 42.3 Å². The third-order valence-corrected chi connectivity index (χ3v) is 4.74. The van der Waals surface area contributed by atoms with Crippen LogP contribution in [0.5, 0.6) is 0 Å². The van der Waals surface area contributed by atoms with Crippen LogP contribution >= 0.6 is 0 Å². The van der Waals surface area contributed by atoms with Crippen molar-refractivity contribution < 1.29 is 26.7 Å². The lowest BCUT2D eigenvalue weighted by molar-refractivity contribution is -0.192. The van der Waals surface area contributed by atoms with Crippen LogP contribution in [-0.2, 0) is 4.79 Å². The maximum Gasteiger partial charge on any atom is 0.408 e. The second kappa shape index (κ2) is 9.88. The van der Waals surface area contributed by atoms with E-state index in [0.717, 1.165) is 29.2 Å². The van der Waals surface area contributed by atoms with Gasteiger partial charge in [0.1, 0.15) is 17.7 Å². The van der Waals surface area contributed by atoms with Gasteiger partial charge in [0.2, 0.25) is 5.91 Å². The van der Waals surface area contributed by atoms with Crippen LogP contribution in [0.25, 0.3) is 11.1 Å². The van der Waals surface area contributed by atoms with Crippen molar-refractivity contribution in [2.45, 2.75) is 38.5 Å². The van der Waals surface area contributed by atoms with E-state index in [2.05, 4.69) is 0 Å². The van der Waals surface area contributed by atoms with Crippen molar-refractivity contribution in [2.75, 3.05) is 6.54 Å². The minimum atomic E-state index is -4.81. The molecule has 2 aromatic carbocycles. The summed E-state index contributed by atoms with van der Waals surface area (Å²) in [7, 11) is 0. The van der Waals surface area contributed by atoms with E-state index in [4.69, 9.17) is 11.0 Å². The number of nitrogens with two attached hydrogens (primary N) is 1. The normalized spacial score (nSPS) is 13.8. The smallest absolute Gasteiger partial charge is 0.368 e. The number of carbonyl (C=O) groups is 1. The summed E-state index contributed by atoms with van der Waals surface area (Å²) in [6.45, 7) is 2.80. The molecule has 0 aliphatic carbocycles. The van der Waals surface area contributed by atoms with E-state index in [0.29, 0.717) is 11.6 Å². The summed E-state index contributed by atoms with van der Waals surface area (Å²) in [6, 6.07) is 5.86. The molecule has 166 valence electrons. The summed E-state index contributed by atoms with van der Waals surface area (Å²) >= 11 is 0. The van der Waals surface area contributed by atoms with E-state index in [1.165, 1.54) is 12.1 Å². The summed E-state index contributed by atoms with van der Waals surface area (Å²) in [6.07, 6.45) is -4.77. The first-order valence-corrected chi connectivity index (χ1v) is 9.49. The van der Waals surface area contributed by atoms with Crippen molar-refractivity contribution in [1.29, 1.82) is 5.26 Å². The fourth-order valence-corrected chi connectivity index (χ4v) is 3.47. The first-order chi connectivity index (χ1) is 14.4. The highest BCUT2D eigenvalue weighted by molar-refractivity contribution is 5.80. The van der Waals surface area contributed by atoms with Crippen LogP contribution in [0.4, 0.5) is 22.0 Å². The van der Waals surface area contributed by atoms with Gasteiger partial charge in [-0.15, -0.1) is 0 Å². The third-order valence-electron chi connectivity index (χ3n) is 4.74. The molecule has 0 spiro atoms. The van der Waals surface area contributed by atoms with Crippen molar-refractivity contribution >= 4 is 5.91 Å². The van der Waals surface area contributed by atoms with Gasteiger partial charge in [-0.2, -0.15) is 18.4 Å². The highest BCUT2D eigenvalue weighted by Gasteiger charge is 2.47. The van der Waals surface area contributed by atoms with Crippen LogP contribution in [0.15, 0.2) is 42.5 Å². The lowest BCUT2D eigenvalue weighted by Crippen LogP contribution is -2.51. The Morgan fingerprint density at radius 1 is 1.06 bits per heavy atom. The van der Waals surface area contributed by atoms with Crippen LogP contribution in [0.3, 0.4) is 0 Å². The molecule has 2 atom stereocenters. The summed E-state index contributed by atoms with van der Waals surface area (Å²) in [5.41, 5.74) is 5.62. The average Bonchev–Trinajstić information content (AvgIpc) is 2.64. The van der Waals surface area contributed by atoms with Crippen molar-refractivity contribution in [2.24, 2.45) is 11.7 Å². The van der Waals surface area contributed by atoms with Gasteiger partial charge in [0.15, 0.2) is 0 Å². The van der Waals surface area contributed by atoms with Crippen molar-refractivity contribution in [3.8, 4) is 17.2 Å². The van der Waals surface area contributed by atoms with Crippen LogP contribution in [0.2, 0.25) is 0 Å². The minimum absolute atomic E-state index is 0.0459. The monoisotopic (exact) mass is 439 g/mol. The molecule has 0 heterocycles. The summed E-state index contributed by atoms with van der Waals surface area (Å²) in [4.78, 5) is 12.7. The first-order valence-electron chi connectivity index (χ1n) is 9.49. The number of hydrogen-bond acceptors (Lipinski definition) is 3. The molecule has 2 aromatic rings. The average molecular weight is 439 g/mol. The molecule has 0 fully saturated rings. The number of nitrogens with zero attached hydrogens (tertiary/aromatic N) is 2. The predicted molar refractivity (Wildman–Crippen MR) is 105 cm³/mol. The van der Waals surface area contributed by atoms with Crippen LogP contribution in [0.1, 0.15) is 31.9 Å². The summed E-state index contributed by atoms with van der Waals surface area (Å²) in [5.74, 6) is -2.72. The fraction of sp³-hybridized carbons (Fsp3) is 0.364. The van der Waals surface area contributed by atoms with Gasteiger partial charge in [0, 0.05) is 6.07 Å². The Morgan fingerprint density at radius 2 is 1.61 bits per heavy atom. The summed E-state index contributed by atoms with van der Waals surface area (Å²) < 4.78 is 69.1. The maximum atomic E-state index is 14.1. The number of halogens is 5. The lowest BCUT2D eigenvalue weighted by atomic mass is 9.95. The molecule has 4 nitrogen and oxygen atoms in total. The zero-order chi connectivity index (χ0) is 23.3.